The van der Waals surface area contributed by atoms with E-state index in [0.29, 0.717) is 0 Å². The Morgan fingerprint density at radius 3 is 2.62 bits per heavy atom. The van der Waals surface area contributed by atoms with Crippen LogP contribution in [-0.2, 0) is 0 Å². The molecule has 1 rings (SSSR count). The van der Waals surface area contributed by atoms with Gasteiger partial charge in [-0.15, -0.1) is 0 Å². The summed E-state index contributed by atoms with van der Waals surface area (Å²) in [5, 5.41) is 3.65. The normalized spacial score (nSPS) is 34.8. The molecule has 2 heteroatoms. The maximum atomic E-state index is 3.65. The highest BCUT2D eigenvalue weighted by atomic mass is 32.2. The van der Waals surface area contributed by atoms with Crippen LogP contribution in [0.25, 0.3) is 0 Å². The molecule has 1 aliphatic rings. The van der Waals surface area contributed by atoms with Gasteiger partial charge in [0.15, 0.2) is 0 Å². The van der Waals surface area contributed by atoms with E-state index in [1.54, 1.807) is 0 Å². The summed E-state index contributed by atoms with van der Waals surface area (Å²) >= 11 is 1.93. The Kier molecular flexibility index (Phi) is 5.18. The van der Waals surface area contributed by atoms with E-state index in [1.165, 1.54) is 31.6 Å². The molecule has 1 fully saturated rings. The lowest BCUT2D eigenvalue weighted by Gasteiger charge is -2.32. The monoisotopic (exact) mass is 201 g/mol. The predicted molar refractivity (Wildman–Crippen MR) is 62.4 cm³/mol. The third kappa shape index (κ3) is 3.90. The number of nitrogens with one attached hydrogen (secondary N) is 1. The number of hydrogen-bond acceptors (Lipinski definition) is 2. The average Bonchev–Trinajstić information content (AvgIpc) is 2.12. The van der Waals surface area contributed by atoms with Crippen LogP contribution >= 0.6 is 11.8 Å². The molecule has 0 amide bonds. The minimum Gasteiger partial charge on any atom is -0.313 e. The highest BCUT2D eigenvalue weighted by Gasteiger charge is 2.23. The molecule has 0 spiro atoms. The molecule has 78 valence electrons. The zero-order valence-corrected chi connectivity index (χ0v) is 9.99. The molecule has 3 atom stereocenters. The summed E-state index contributed by atoms with van der Waals surface area (Å²) in [6.07, 6.45) is 6.36. The van der Waals surface area contributed by atoms with Crippen molar-refractivity contribution >= 4 is 11.8 Å². The van der Waals surface area contributed by atoms with Gasteiger partial charge < -0.3 is 5.32 Å². The fraction of sp³-hybridized carbons (Fsp3) is 1.00. The molecular formula is C11H23NS. The minimum absolute atomic E-state index is 0.804. The van der Waals surface area contributed by atoms with Gasteiger partial charge in [0.2, 0.25) is 0 Å². The first-order valence-corrected chi connectivity index (χ1v) is 6.85. The van der Waals surface area contributed by atoms with E-state index in [-0.39, 0.29) is 0 Å². The molecule has 0 aliphatic heterocycles. The molecule has 1 saturated carbocycles. The second kappa shape index (κ2) is 5.92. The van der Waals surface area contributed by atoms with Crippen LogP contribution < -0.4 is 5.32 Å². The fourth-order valence-corrected chi connectivity index (χ4v) is 2.42. The van der Waals surface area contributed by atoms with Crippen molar-refractivity contribution in [2.45, 2.75) is 39.2 Å². The molecule has 0 aromatic rings. The van der Waals surface area contributed by atoms with Crippen molar-refractivity contribution in [1.29, 1.82) is 0 Å². The van der Waals surface area contributed by atoms with Crippen LogP contribution in [0.3, 0.4) is 0 Å². The molecular weight excluding hydrogens is 178 g/mol. The van der Waals surface area contributed by atoms with Crippen LogP contribution in [0, 0.1) is 11.8 Å². The molecule has 0 aromatic carbocycles. The highest BCUT2D eigenvalue weighted by molar-refractivity contribution is 7.98. The summed E-state index contributed by atoms with van der Waals surface area (Å²) in [7, 11) is 0. The largest absolute Gasteiger partial charge is 0.313 e. The summed E-state index contributed by atoms with van der Waals surface area (Å²) < 4.78 is 0. The van der Waals surface area contributed by atoms with Crippen LogP contribution in [0.5, 0.6) is 0 Å². The molecule has 0 saturated heterocycles. The van der Waals surface area contributed by atoms with Gasteiger partial charge >= 0.3 is 0 Å². The van der Waals surface area contributed by atoms with E-state index in [4.69, 9.17) is 0 Å². The Hall–Kier alpha value is 0.310. The third-order valence-electron chi connectivity index (χ3n) is 3.34. The molecule has 1 aliphatic carbocycles. The Morgan fingerprint density at radius 1 is 1.23 bits per heavy atom. The van der Waals surface area contributed by atoms with Gasteiger partial charge in [-0.05, 0) is 37.4 Å². The van der Waals surface area contributed by atoms with Gasteiger partial charge in [0, 0.05) is 18.3 Å². The zero-order valence-electron chi connectivity index (χ0n) is 9.18. The minimum atomic E-state index is 0.804. The van der Waals surface area contributed by atoms with Crippen LogP contribution in [0.15, 0.2) is 0 Å². The second-order valence-electron chi connectivity index (χ2n) is 4.41. The maximum absolute atomic E-state index is 3.65. The molecule has 0 radical (unpaired) electrons. The van der Waals surface area contributed by atoms with Crippen molar-refractivity contribution in [1.82, 2.24) is 5.32 Å². The van der Waals surface area contributed by atoms with Gasteiger partial charge in [0.1, 0.15) is 0 Å². The highest BCUT2D eigenvalue weighted by Crippen LogP contribution is 2.29. The SMILES string of the molecule is CSCCNC1CCC(C)C(C)C1. The lowest BCUT2D eigenvalue weighted by molar-refractivity contribution is 0.228. The van der Waals surface area contributed by atoms with Gasteiger partial charge in [-0.2, -0.15) is 11.8 Å². The number of rotatable bonds is 4. The summed E-state index contributed by atoms with van der Waals surface area (Å²) in [4.78, 5) is 0. The molecule has 1 nitrogen and oxygen atoms in total. The molecule has 13 heavy (non-hydrogen) atoms. The van der Waals surface area contributed by atoms with E-state index in [9.17, 15) is 0 Å². The molecule has 0 heterocycles. The first-order chi connectivity index (χ1) is 6.24. The molecule has 3 unspecified atom stereocenters. The topological polar surface area (TPSA) is 12.0 Å². The lowest BCUT2D eigenvalue weighted by Crippen LogP contribution is -2.37. The Balaban J connectivity index is 2.14. The Bertz CT molecular complexity index is 138. The second-order valence-corrected chi connectivity index (χ2v) is 5.40. The van der Waals surface area contributed by atoms with Gasteiger partial charge in [-0.1, -0.05) is 13.8 Å². The van der Waals surface area contributed by atoms with Gasteiger partial charge in [0.05, 0.1) is 0 Å². The summed E-state index contributed by atoms with van der Waals surface area (Å²) in [6, 6.07) is 0.804. The van der Waals surface area contributed by atoms with Crippen LogP contribution in [0.1, 0.15) is 33.1 Å². The van der Waals surface area contributed by atoms with Gasteiger partial charge in [-0.3, -0.25) is 0 Å². The van der Waals surface area contributed by atoms with Crippen molar-refractivity contribution in [3.05, 3.63) is 0 Å². The van der Waals surface area contributed by atoms with Crippen molar-refractivity contribution in [2.24, 2.45) is 11.8 Å². The first-order valence-electron chi connectivity index (χ1n) is 5.46. The Labute approximate surface area is 87.1 Å². The van der Waals surface area contributed by atoms with E-state index >= 15 is 0 Å². The van der Waals surface area contributed by atoms with Crippen LogP contribution in [0.2, 0.25) is 0 Å². The maximum Gasteiger partial charge on any atom is 0.00701 e. The van der Waals surface area contributed by atoms with Crippen molar-refractivity contribution in [2.75, 3.05) is 18.6 Å². The van der Waals surface area contributed by atoms with Crippen molar-refractivity contribution in [3.63, 3.8) is 0 Å². The van der Waals surface area contributed by atoms with E-state index in [2.05, 4.69) is 25.4 Å². The van der Waals surface area contributed by atoms with Gasteiger partial charge in [0.25, 0.3) is 0 Å². The summed E-state index contributed by atoms with van der Waals surface area (Å²) in [5.41, 5.74) is 0. The standard InChI is InChI=1S/C11H23NS/c1-9-4-5-11(8-10(9)2)12-6-7-13-3/h9-12H,4-8H2,1-3H3. The van der Waals surface area contributed by atoms with Crippen molar-refractivity contribution < 1.29 is 0 Å². The molecule has 0 aromatic heterocycles. The number of thioether (sulfide) groups is 1. The van der Waals surface area contributed by atoms with Crippen LogP contribution in [0.4, 0.5) is 0 Å². The van der Waals surface area contributed by atoms with E-state index in [0.717, 1.165) is 17.9 Å². The first kappa shape index (κ1) is 11.4. The van der Waals surface area contributed by atoms with E-state index < -0.39 is 0 Å². The Morgan fingerprint density at radius 2 is 2.00 bits per heavy atom. The van der Waals surface area contributed by atoms with Crippen molar-refractivity contribution in [3.8, 4) is 0 Å². The summed E-state index contributed by atoms with van der Waals surface area (Å²) in [5.74, 6) is 3.11. The zero-order chi connectivity index (χ0) is 9.68. The fourth-order valence-electron chi connectivity index (χ4n) is 2.10. The average molecular weight is 201 g/mol. The van der Waals surface area contributed by atoms with Crippen LogP contribution in [-0.4, -0.2) is 24.6 Å². The number of hydrogen-bond donors (Lipinski definition) is 1. The third-order valence-corrected chi connectivity index (χ3v) is 3.95. The molecule has 1 N–H and O–H groups in total. The van der Waals surface area contributed by atoms with Gasteiger partial charge in [-0.25, -0.2) is 0 Å². The van der Waals surface area contributed by atoms with E-state index in [1.807, 2.05) is 11.8 Å². The lowest BCUT2D eigenvalue weighted by atomic mass is 9.79. The smallest absolute Gasteiger partial charge is 0.00701 e. The molecule has 0 bridgehead atoms. The predicted octanol–water partition coefficient (Wildman–Crippen LogP) is 2.76. The quantitative estimate of drug-likeness (QED) is 0.702. The summed E-state index contributed by atoms with van der Waals surface area (Å²) in [6.45, 7) is 5.97.